The SMILES string of the molecule is CCN1CCN(c2ncnc(Oc3ccc(Cl)c(C)c3)c2N)CC1. The minimum absolute atomic E-state index is 0.375. The zero-order valence-corrected chi connectivity index (χ0v) is 14.8. The van der Waals surface area contributed by atoms with Crippen LogP contribution in [0, 0.1) is 6.92 Å². The highest BCUT2D eigenvalue weighted by Gasteiger charge is 2.21. The third kappa shape index (κ3) is 3.55. The van der Waals surface area contributed by atoms with Crippen LogP contribution in [-0.4, -0.2) is 47.6 Å². The summed E-state index contributed by atoms with van der Waals surface area (Å²) in [5, 5.41) is 0.701. The number of nitrogens with zero attached hydrogens (tertiary/aromatic N) is 4. The molecule has 128 valence electrons. The third-order valence-corrected chi connectivity index (χ3v) is 4.71. The number of nitrogen functional groups attached to an aromatic ring is 1. The number of piperazine rings is 1. The lowest BCUT2D eigenvalue weighted by atomic mass is 10.2. The Hall–Kier alpha value is -2.05. The number of hydrogen-bond donors (Lipinski definition) is 1. The minimum atomic E-state index is 0.375. The maximum absolute atomic E-state index is 6.27. The zero-order chi connectivity index (χ0) is 17.1. The van der Waals surface area contributed by atoms with Gasteiger partial charge in [-0.25, -0.2) is 4.98 Å². The van der Waals surface area contributed by atoms with Crippen molar-refractivity contribution in [1.82, 2.24) is 14.9 Å². The molecule has 1 aromatic carbocycles. The summed E-state index contributed by atoms with van der Waals surface area (Å²) >= 11 is 6.05. The highest BCUT2D eigenvalue weighted by Crippen LogP contribution is 2.32. The van der Waals surface area contributed by atoms with Gasteiger partial charge in [-0.15, -0.1) is 0 Å². The fourth-order valence-electron chi connectivity index (χ4n) is 2.77. The molecule has 0 spiro atoms. The van der Waals surface area contributed by atoms with Crippen molar-refractivity contribution >= 4 is 23.1 Å². The van der Waals surface area contributed by atoms with Gasteiger partial charge in [-0.3, -0.25) is 0 Å². The summed E-state index contributed by atoms with van der Waals surface area (Å²) in [7, 11) is 0. The second kappa shape index (κ2) is 7.23. The van der Waals surface area contributed by atoms with E-state index in [1.807, 2.05) is 13.0 Å². The number of likely N-dealkylation sites (N-methyl/N-ethyl adjacent to an activating group) is 1. The average molecular weight is 348 g/mol. The van der Waals surface area contributed by atoms with Crippen molar-refractivity contribution in [3.63, 3.8) is 0 Å². The summed E-state index contributed by atoms with van der Waals surface area (Å²) in [6.07, 6.45) is 1.50. The van der Waals surface area contributed by atoms with Crippen LogP contribution in [0.2, 0.25) is 5.02 Å². The smallest absolute Gasteiger partial charge is 0.248 e. The van der Waals surface area contributed by atoms with E-state index in [-0.39, 0.29) is 0 Å². The van der Waals surface area contributed by atoms with E-state index in [0.29, 0.717) is 22.3 Å². The van der Waals surface area contributed by atoms with Gasteiger partial charge in [0.2, 0.25) is 5.88 Å². The van der Waals surface area contributed by atoms with Gasteiger partial charge >= 0.3 is 0 Å². The molecule has 2 heterocycles. The van der Waals surface area contributed by atoms with E-state index >= 15 is 0 Å². The van der Waals surface area contributed by atoms with Crippen LogP contribution in [0.1, 0.15) is 12.5 Å². The van der Waals surface area contributed by atoms with E-state index in [1.54, 1.807) is 12.1 Å². The summed E-state index contributed by atoms with van der Waals surface area (Å²) < 4.78 is 5.85. The van der Waals surface area contributed by atoms with Gasteiger partial charge in [0.1, 0.15) is 17.8 Å². The molecule has 7 heteroatoms. The van der Waals surface area contributed by atoms with Crippen molar-refractivity contribution in [1.29, 1.82) is 0 Å². The summed E-state index contributed by atoms with van der Waals surface area (Å²) in [5.74, 6) is 1.77. The predicted octanol–water partition coefficient (Wildman–Crippen LogP) is 2.95. The molecule has 0 amide bonds. The topological polar surface area (TPSA) is 67.5 Å². The number of aryl methyl sites for hydroxylation is 1. The molecule has 0 aliphatic carbocycles. The normalized spacial score (nSPS) is 15.5. The van der Waals surface area contributed by atoms with Crippen LogP contribution < -0.4 is 15.4 Å². The summed E-state index contributed by atoms with van der Waals surface area (Å²) in [5.41, 5.74) is 7.68. The van der Waals surface area contributed by atoms with Crippen LogP contribution in [0.3, 0.4) is 0 Å². The molecule has 0 bridgehead atoms. The largest absolute Gasteiger partial charge is 0.437 e. The molecule has 2 aromatic rings. The van der Waals surface area contributed by atoms with Gasteiger partial charge in [-0.2, -0.15) is 4.98 Å². The Morgan fingerprint density at radius 3 is 2.62 bits per heavy atom. The highest BCUT2D eigenvalue weighted by atomic mass is 35.5. The molecule has 0 unspecified atom stereocenters. The Balaban J connectivity index is 1.79. The van der Waals surface area contributed by atoms with Crippen molar-refractivity contribution < 1.29 is 4.74 Å². The van der Waals surface area contributed by atoms with E-state index in [0.717, 1.165) is 44.1 Å². The molecule has 0 radical (unpaired) electrons. The molecule has 0 atom stereocenters. The van der Waals surface area contributed by atoms with Gasteiger partial charge in [-0.05, 0) is 37.2 Å². The van der Waals surface area contributed by atoms with E-state index in [9.17, 15) is 0 Å². The van der Waals surface area contributed by atoms with Crippen molar-refractivity contribution in [2.45, 2.75) is 13.8 Å². The first-order valence-electron chi connectivity index (χ1n) is 8.10. The van der Waals surface area contributed by atoms with Gasteiger partial charge < -0.3 is 20.3 Å². The second-order valence-electron chi connectivity index (χ2n) is 5.85. The standard InChI is InChI=1S/C17H22ClN5O/c1-3-22-6-8-23(9-7-22)16-15(19)17(21-11-20-16)24-13-4-5-14(18)12(2)10-13/h4-5,10-11H,3,6-9,19H2,1-2H3. The fourth-order valence-corrected chi connectivity index (χ4v) is 2.89. The van der Waals surface area contributed by atoms with Gasteiger partial charge in [0, 0.05) is 31.2 Å². The molecule has 1 aromatic heterocycles. The molecule has 0 saturated carbocycles. The maximum atomic E-state index is 6.27. The molecular formula is C17H22ClN5O. The Bertz CT molecular complexity index is 716. The van der Waals surface area contributed by atoms with Crippen LogP contribution >= 0.6 is 11.6 Å². The molecule has 2 N–H and O–H groups in total. The van der Waals surface area contributed by atoms with Gasteiger partial charge in [0.05, 0.1) is 0 Å². The zero-order valence-electron chi connectivity index (χ0n) is 14.0. The lowest BCUT2D eigenvalue weighted by molar-refractivity contribution is 0.270. The summed E-state index contributed by atoms with van der Waals surface area (Å²) in [6.45, 7) is 8.98. The van der Waals surface area contributed by atoms with E-state index in [1.165, 1.54) is 6.33 Å². The number of nitrogens with two attached hydrogens (primary N) is 1. The van der Waals surface area contributed by atoms with Crippen LogP contribution in [0.5, 0.6) is 11.6 Å². The number of rotatable bonds is 4. The summed E-state index contributed by atoms with van der Waals surface area (Å²) in [6, 6.07) is 5.47. The first-order chi connectivity index (χ1) is 11.6. The molecule has 1 aliphatic rings. The average Bonchev–Trinajstić information content (AvgIpc) is 2.60. The van der Waals surface area contributed by atoms with Crippen molar-refractivity contribution in [2.75, 3.05) is 43.4 Å². The van der Waals surface area contributed by atoms with Gasteiger partial charge in [0.15, 0.2) is 5.82 Å². The quantitative estimate of drug-likeness (QED) is 0.917. The number of halogens is 1. The van der Waals surface area contributed by atoms with Crippen LogP contribution in [0.25, 0.3) is 0 Å². The first kappa shape index (κ1) is 16.8. The third-order valence-electron chi connectivity index (χ3n) is 4.29. The van der Waals surface area contributed by atoms with E-state index in [2.05, 4.69) is 26.7 Å². The van der Waals surface area contributed by atoms with E-state index < -0.39 is 0 Å². The Morgan fingerprint density at radius 1 is 1.21 bits per heavy atom. The lowest BCUT2D eigenvalue weighted by Crippen LogP contribution is -2.46. The lowest BCUT2D eigenvalue weighted by Gasteiger charge is -2.35. The van der Waals surface area contributed by atoms with Gasteiger partial charge in [-0.1, -0.05) is 18.5 Å². The monoisotopic (exact) mass is 347 g/mol. The van der Waals surface area contributed by atoms with Crippen LogP contribution in [0.4, 0.5) is 11.5 Å². The minimum Gasteiger partial charge on any atom is -0.437 e. The van der Waals surface area contributed by atoms with Crippen molar-refractivity contribution in [2.24, 2.45) is 0 Å². The molecule has 3 rings (SSSR count). The fraction of sp³-hybridized carbons (Fsp3) is 0.412. The van der Waals surface area contributed by atoms with E-state index in [4.69, 9.17) is 22.1 Å². The number of hydrogen-bond acceptors (Lipinski definition) is 6. The molecule has 1 saturated heterocycles. The Kier molecular flexibility index (Phi) is 5.06. The molecule has 1 fully saturated rings. The second-order valence-corrected chi connectivity index (χ2v) is 6.26. The first-order valence-corrected chi connectivity index (χ1v) is 8.48. The molecule has 1 aliphatic heterocycles. The summed E-state index contributed by atoms with van der Waals surface area (Å²) in [4.78, 5) is 13.1. The molecular weight excluding hydrogens is 326 g/mol. The number of anilines is 2. The van der Waals surface area contributed by atoms with Crippen LogP contribution in [-0.2, 0) is 0 Å². The van der Waals surface area contributed by atoms with Crippen molar-refractivity contribution in [3.8, 4) is 11.6 Å². The Morgan fingerprint density at radius 2 is 1.96 bits per heavy atom. The van der Waals surface area contributed by atoms with Gasteiger partial charge in [0.25, 0.3) is 0 Å². The Labute approximate surface area is 147 Å². The number of benzene rings is 1. The number of ether oxygens (including phenoxy) is 1. The predicted molar refractivity (Wildman–Crippen MR) is 97.0 cm³/mol. The molecule has 6 nitrogen and oxygen atoms in total. The molecule has 24 heavy (non-hydrogen) atoms. The van der Waals surface area contributed by atoms with Crippen LogP contribution in [0.15, 0.2) is 24.5 Å². The number of aromatic nitrogens is 2. The maximum Gasteiger partial charge on any atom is 0.248 e. The highest BCUT2D eigenvalue weighted by molar-refractivity contribution is 6.31. The van der Waals surface area contributed by atoms with Crippen molar-refractivity contribution in [3.05, 3.63) is 35.1 Å².